The Labute approximate surface area is 45.8 Å². The highest BCUT2D eigenvalue weighted by molar-refractivity contribution is 4.86. The number of nitrogens with one attached hydrogen (secondary N) is 1. The van der Waals surface area contributed by atoms with Crippen LogP contribution in [0, 0.1) is 0 Å². The van der Waals surface area contributed by atoms with Gasteiger partial charge in [-0.25, -0.2) is 4.98 Å². The zero-order valence-corrected chi connectivity index (χ0v) is 4.07. The Kier molecular flexibility index (Phi) is 1.27. The van der Waals surface area contributed by atoms with Gasteiger partial charge in [0.25, 0.3) is 0 Å². The van der Waals surface area contributed by atoms with Crippen LogP contribution in [0.3, 0.4) is 0 Å². The van der Waals surface area contributed by atoms with E-state index < -0.39 is 6.29 Å². The molecule has 1 heterocycles. The molecular weight excluding hydrogens is 108 g/mol. The Bertz CT molecular complexity index is 147. The van der Waals surface area contributed by atoms with Crippen molar-refractivity contribution in [3.8, 4) is 0 Å². The molecule has 0 aliphatic rings. The molecule has 4 nitrogen and oxygen atoms in total. The van der Waals surface area contributed by atoms with Crippen molar-refractivity contribution in [1.82, 2.24) is 9.97 Å². The minimum absolute atomic E-state index is 0.171. The highest BCUT2D eigenvalue weighted by Crippen LogP contribution is 1.98. The zero-order chi connectivity index (χ0) is 5.98. The molecule has 0 saturated heterocycles. The van der Waals surface area contributed by atoms with E-state index in [1.807, 2.05) is 0 Å². The molecule has 0 saturated carbocycles. The van der Waals surface area contributed by atoms with E-state index in [9.17, 15) is 0 Å². The van der Waals surface area contributed by atoms with Gasteiger partial charge in [0, 0.05) is 12.4 Å². The Balaban J connectivity index is 2.77. The molecule has 0 aliphatic carbocycles. The van der Waals surface area contributed by atoms with Crippen molar-refractivity contribution in [2.75, 3.05) is 0 Å². The summed E-state index contributed by atoms with van der Waals surface area (Å²) in [7, 11) is 0. The molecular formula is C4H6N2O2. The topological polar surface area (TPSA) is 69.1 Å². The monoisotopic (exact) mass is 114 g/mol. The molecule has 0 aliphatic heterocycles. The summed E-state index contributed by atoms with van der Waals surface area (Å²) in [6, 6.07) is 0. The number of H-pyrrole nitrogens is 1. The Morgan fingerprint density at radius 3 is 2.62 bits per heavy atom. The van der Waals surface area contributed by atoms with Crippen LogP contribution in [-0.4, -0.2) is 20.2 Å². The van der Waals surface area contributed by atoms with E-state index in [-0.39, 0.29) is 5.82 Å². The Morgan fingerprint density at radius 1 is 1.62 bits per heavy atom. The van der Waals surface area contributed by atoms with Crippen molar-refractivity contribution >= 4 is 0 Å². The second kappa shape index (κ2) is 1.94. The lowest BCUT2D eigenvalue weighted by atomic mass is 10.6. The first-order valence-corrected chi connectivity index (χ1v) is 2.16. The normalized spacial score (nSPS) is 10.4. The summed E-state index contributed by atoms with van der Waals surface area (Å²) in [5.74, 6) is 0.171. The third kappa shape index (κ3) is 0.853. The van der Waals surface area contributed by atoms with E-state index >= 15 is 0 Å². The first-order valence-electron chi connectivity index (χ1n) is 2.16. The number of nitrogens with zero attached hydrogens (tertiary/aromatic N) is 1. The molecule has 0 unspecified atom stereocenters. The zero-order valence-electron chi connectivity index (χ0n) is 4.07. The van der Waals surface area contributed by atoms with Crippen molar-refractivity contribution in [1.29, 1.82) is 0 Å². The molecule has 44 valence electrons. The third-order valence-corrected chi connectivity index (χ3v) is 0.764. The molecule has 0 atom stereocenters. The fourth-order valence-corrected chi connectivity index (χ4v) is 0.419. The molecule has 0 bridgehead atoms. The summed E-state index contributed by atoms with van der Waals surface area (Å²) in [5.41, 5.74) is 0. The van der Waals surface area contributed by atoms with Crippen molar-refractivity contribution in [2.45, 2.75) is 6.29 Å². The molecule has 0 fully saturated rings. The summed E-state index contributed by atoms with van der Waals surface area (Å²) in [6.45, 7) is 0. The van der Waals surface area contributed by atoms with E-state index in [1.165, 1.54) is 12.4 Å². The standard InChI is InChI=1S/C4H6N2O2/c7-4(8)3-5-1-2-6-3/h1-2,4,7-8H,(H,5,6). The van der Waals surface area contributed by atoms with Gasteiger partial charge in [-0.05, 0) is 0 Å². The number of hydrogen-bond acceptors (Lipinski definition) is 3. The van der Waals surface area contributed by atoms with E-state index in [4.69, 9.17) is 10.2 Å². The van der Waals surface area contributed by atoms with E-state index in [2.05, 4.69) is 9.97 Å². The summed E-state index contributed by atoms with van der Waals surface area (Å²) in [4.78, 5) is 6.09. The molecule has 0 radical (unpaired) electrons. The highest BCUT2D eigenvalue weighted by Gasteiger charge is 2.00. The van der Waals surface area contributed by atoms with Gasteiger partial charge >= 0.3 is 0 Å². The number of aromatic nitrogens is 2. The number of aliphatic hydroxyl groups excluding tert-OH is 1. The SMILES string of the molecule is OC(O)c1ncc[nH]1. The third-order valence-electron chi connectivity index (χ3n) is 0.764. The molecule has 0 spiro atoms. The average Bonchev–Trinajstić information content (AvgIpc) is 2.12. The summed E-state index contributed by atoms with van der Waals surface area (Å²) in [5, 5.41) is 16.7. The van der Waals surface area contributed by atoms with Crippen molar-refractivity contribution in [3.05, 3.63) is 18.2 Å². The van der Waals surface area contributed by atoms with Crippen molar-refractivity contribution in [3.63, 3.8) is 0 Å². The molecule has 1 rings (SSSR count). The number of hydrogen-bond donors (Lipinski definition) is 3. The van der Waals surface area contributed by atoms with Gasteiger partial charge in [-0.15, -0.1) is 0 Å². The second-order valence-corrected chi connectivity index (χ2v) is 1.35. The fourth-order valence-electron chi connectivity index (χ4n) is 0.419. The molecule has 3 N–H and O–H groups in total. The van der Waals surface area contributed by atoms with Gasteiger partial charge in [0.05, 0.1) is 0 Å². The lowest BCUT2D eigenvalue weighted by molar-refractivity contribution is -0.0488. The predicted molar refractivity (Wildman–Crippen MR) is 25.8 cm³/mol. The molecule has 1 aromatic rings. The van der Waals surface area contributed by atoms with Gasteiger partial charge in [-0.1, -0.05) is 0 Å². The van der Waals surface area contributed by atoms with Gasteiger partial charge in [0.1, 0.15) is 0 Å². The van der Waals surface area contributed by atoms with Crippen molar-refractivity contribution in [2.24, 2.45) is 0 Å². The highest BCUT2D eigenvalue weighted by atomic mass is 16.5. The minimum Gasteiger partial charge on any atom is -0.362 e. The van der Waals surface area contributed by atoms with Crippen LogP contribution in [-0.2, 0) is 0 Å². The summed E-state index contributed by atoms with van der Waals surface area (Å²) >= 11 is 0. The van der Waals surface area contributed by atoms with Crippen LogP contribution >= 0.6 is 0 Å². The predicted octanol–water partition coefficient (Wildman–Crippen LogP) is -0.607. The maximum Gasteiger partial charge on any atom is 0.212 e. The van der Waals surface area contributed by atoms with Crippen LogP contribution in [0.15, 0.2) is 12.4 Å². The Morgan fingerprint density at radius 2 is 2.38 bits per heavy atom. The lowest BCUT2D eigenvalue weighted by Crippen LogP contribution is -1.95. The first-order chi connectivity index (χ1) is 3.80. The van der Waals surface area contributed by atoms with Crippen LogP contribution in [0.1, 0.15) is 12.1 Å². The first kappa shape index (κ1) is 5.27. The van der Waals surface area contributed by atoms with Crippen LogP contribution in [0.4, 0.5) is 0 Å². The average molecular weight is 114 g/mol. The number of aromatic amines is 1. The Hall–Kier alpha value is -0.870. The van der Waals surface area contributed by atoms with E-state index in [0.29, 0.717) is 0 Å². The minimum atomic E-state index is -1.48. The molecule has 4 heteroatoms. The molecule has 0 amide bonds. The number of imidazole rings is 1. The molecule has 0 aromatic carbocycles. The summed E-state index contributed by atoms with van der Waals surface area (Å²) < 4.78 is 0. The van der Waals surface area contributed by atoms with Crippen LogP contribution in [0.2, 0.25) is 0 Å². The number of rotatable bonds is 1. The van der Waals surface area contributed by atoms with Gasteiger partial charge in [-0.2, -0.15) is 0 Å². The maximum atomic E-state index is 8.37. The van der Waals surface area contributed by atoms with Crippen LogP contribution in [0.5, 0.6) is 0 Å². The smallest absolute Gasteiger partial charge is 0.212 e. The van der Waals surface area contributed by atoms with E-state index in [1.54, 1.807) is 0 Å². The summed E-state index contributed by atoms with van der Waals surface area (Å²) in [6.07, 6.45) is 1.49. The van der Waals surface area contributed by atoms with Crippen molar-refractivity contribution < 1.29 is 10.2 Å². The van der Waals surface area contributed by atoms with E-state index in [0.717, 1.165) is 0 Å². The molecule has 1 aromatic heterocycles. The fraction of sp³-hybridized carbons (Fsp3) is 0.250. The molecule has 8 heavy (non-hydrogen) atoms. The van der Waals surface area contributed by atoms with Gasteiger partial charge < -0.3 is 15.2 Å². The maximum absolute atomic E-state index is 8.37. The number of aliphatic hydroxyl groups is 2. The second-order valence-electron chi connectivity index (χ2n) is 1.35. The van der Waals surface area contributed by atoms with Gasteiger partial charge in [-0.3, -0.25) is 0 Å². The van der Waals surface area contributed by atoms with Gasteiger partial charge in [0.2, 0.25) is 6.29 Å². The lowest BCUT2D eigenvalue weighted by Gasteiger charge is -1.93. The van der Waals surface area contributed by atoms with Crippen LogP contribution < -0.4 is 0 Å². The largest absolute Gasteiger partial charge is 0.362 e. The van der Waals surface area contributed by atoms with Crippen LogP contribution in [0.25, 0.3) is 0 Å². The quantitative estimate of drug-likeness (QED) is 0.427. The van der Waals surface area contributed by atoms with Gasteiger partial charge in [0.15, 0.2) is 5.82 Å².